The number of nitrogens with two attached hydrogens (primary N) is 1. The normalized spacial score (nSPS) is 17.1. The molecule has 2 aromatic rings. The molecule has 1 aromatic carbocycles. The number of benzene rings is 1. The molecular weight excluding hydrogens is 334 g/mol. The number of nitrogens with one attached hydrogen (secondary N) is 1. The first-order valence-electron chi connectivity index (χ1n) is 7.88. The molecular formula is C19H17N3O4. The van der Waals surface area contributed by atoms with Crippen LogP contribution in [0, 0.1) is 18.3 Å². The van der Waals surface area contributed by atoms with Gasteiger partial charge in [0.1, 0.15) is 17.4 Å². The van der Waals surface area contributed by atoms with Gasteiger partial charge in [-0.25, -0.2) is 4.79 Å². The number of hydrogen-bond acceptors (Lipinski definition) is 6. The molecule has 26 heavy (non-hydrogen) atoms. The average molecular weight is 351 g/mol. The number of esters is 1. The third-order valence-corrected chi connectivity index (χ3v) is 4.44. The van der Waals surface area contributed by atoms with E-state index in [2.05, 4.69) is 4.98 Å². The van der Waals surface area contributed by atoms with Crippen LogP contribution >= 0.6 is 0 Å². The van der Waals surface area contributed by atoms with Crippen LogP contribution in [0.4, 0.5) is 0 Å². The Morgan fingerprint density at radius 2 is 2.12 bits per heavy atom. The van der Waals surface area contributed by atoms with Gasteiger partial charge < -0.3 is 20.2 Å². The van der Waals surface area contributed by atoms with Crippen molar-refractivity contribution in [2.75, 3.05) is 7.11 Å². The van der Waals surface area contributed by atoms with E-state index in [0.717, 1.165) is 10.9 Å². The second kappa shape index (κ2) is 6.41. The van der Waals surface area contributed by atoms with Crippen LogP contribution < -0.4 is 11.3 Å². The van der Waals surface area contributed by atoms with Gasteiger partial charge in [-0.1, -0.05) is 18.2 Å². The highest BCUT2D eigenvalue weighted by Gasteiger charge is 2.37. The first-order valence-corrected chi connectivity index (χ1v) is 7.88. The molecule has 0 bridgehead atoms. The molecule has 7 nitrogen and oxygen atoms in total. The maximum atomic E-state index is 12.8. The van der Waals surface area contributed by atoms with Crippen molar-refractivity contribution in [1.82, 2.24) is 4.98 Å². The van der Waals surface area contributed by atoms with Gasteiger partial charge in [0.15, 0.2) is 0 Å². The van der Waals surface area contributed by atoms with Crippen molar-refractivity contribution in [3.63, 3.8) is 0 Å². The summed E-state index contributed by atoms with van der Waals surface area (Å²) < 4.78 is 10.1. The first-order chi connectivity index (χ1) is 12.4. The van der Waals surface area contributed by atoms with Crippen molar-refractivity contribution in [2.45, 2.75) is 19.8 Å². The number of nitriles is 1. The summed E-state index contributed by atoms with van der Waals surface area (Å²) in [5.74, 6) is -1.58. The zero-order chi connectivity index (χ0) is 19.0. The molecule has 1 aromatic heterocycles. The van der Waals surface area contributed by atoms with Crippen LogP contribution in [0.2, 0.25) is 0 Å². The van der Waals surface area contributed by atoms with Crippen molar-refractivity contribution in [2.24, 2.45) is 5.73 Å². The third kappa shape index (κ3) is 2.62. The Hall–Kier alpha value is -3.53. The molecule has 0 spiro atoms. The first kappa shape index (κ1) is 17.3. The maximum Gasteiger partial charge on any atom is 0.338 e. The second-order valence-electron chi connectivity index (χ2n) is 5.98. The number of aromatic nitrogens is 1. The third-order valence-electron chi connectivity index (χ3n) is 4.44. The molecule has 0 fully saturated rings. The fourth-order valence-electron chi connectivity index (χ4n) is 3.18. The lowest BCUT2D eigenvalue weighted by atomic mass is 9.83. The van der Waals surface area contributed by atoms with Crippen molar-refractivity contribution >= 4 is 16.9 Å². The molecule has 0 unspecified atom stereocenters. The van der Waals surface area contributed by atoms with Crippen molar-refractivity contribution in [1.29, 1.82) is 5.26 Å². The summed E-state index contributed by atoms with van der Waals surface area (Å²) in [6.07, 6.45) is 0. The number of aromatic amines is 1. The predicted molar refractivity (Wildman–Crippen MR) is 94.7 cm³/mol. The van der Waals surface area contributed by atoms with Crippen LogP contribution in [0.25, 0.3) is 10.9 Å². The number of rotatable bonds is 2. The van der Waals surface area contributed by atoms with Crippen LogP contribution in [0.5, 0.6) is 0 Å². The average Bonchev–Trinajstić information content (AvgIpc) is 2.61. The topological polar surface area (TPSA) is 118 Å². The maximum absolute atomic E-state index is 12.8. The Bertz CT molecular complexity index is 1090. The van der Waals surface area contributed by atoms with Crippen LogP contribution in [0.1, 0.15) is 24.0 Å². The molecule has 0 saturated heterocycles. The van der Waals surface area contributed by atoms with E-state index in [9.17, 15) is 14.9 Å². The highest BCUT2D eigenvalue weighted by molar-refractivity contribution is 5.93. The minimum Gasteiger partial charge on any atom is -0.466 e. The van der Waals surface area contributed by atoms with Gasteiger partial charge in [0.25, 0.3) is 5.56 Å². The molecule has 3 rings (SSSR count). The van der Waals surface area contributed by atoms with Crippen LogP contribution in [-0.2, 0) is 14.3 Å². The summed E-state index contributed by atoms with van der Waals surface area (Å²) in [6.45, 7) is 3.43. The minimum absolute atomic E-state index is 0.00602. The van der Waals surface area contributed by atoms with E-state index >= 15 is 0 Å². The number of hydrogen-bond donors (Lipinski definition) is 2. The number of carbonyl (C=O) groups is 1. The zero-order valence-corrected chi connectivity index (χ0v) is 14.5. The van der Waals surface area contributed by atoms with Crippen LogP contribution in [0.3, 0.4) is 0 Å². The van der Waals surface area contributed by atoms with Crippen molar-refractivity contribution in [3.8, 4) is 6.07 Å². The molecule has 2 heterocycles. The molecule has 0 radical (unpaired) electrons. The van der Waals surface area contributed by atoms with Crippen LogP contribution in [0.15, 0.2) is 51.8 Å². The standard InChI is InChI=1S/C19H17N3O4/c1-9-5-4-6-11-7-12(18(23)22-16(9)11)15-13(8-20)17(21)26-10(2)14(15)19(24)25-3/h4-7,15H,21H2,1-3H3,(H,22,23)/t15-/m0/s1. The molecule has 7 heteroatoms. The number of ether oxygens (including phenoxy) is 2. The Morgan fingerprint density at radius 1 is 1.38 bits per heavy atom. The van der Waals surface area contributed by atoms with Gasteiger partial charge in [-0.2, -0.15) is 5.26 Å². The summed E-state index contributed by atoms with van der Waals surface area (Å²) in [5, 5.41) is 10.3. The number of fused-ring (bicyclic) bond motifs is 1. The van der Waals surface area contributed by atoms with E-state index in [1.165, 1.54) is 7.11 Å². The lowest BCUT2D eigenvalue weighted by Crippen LogP contribution is -2.29. The Labute approximate surface area is 149 Å². The van der Waals surface area contributed by atoms with Gasteiger partial charge in [0.05, 0.1) is 24.1 Å². The summed E-state index contributed by atoms with van der Waals surface area (Å²) >= 11 is 0. The Balaban J connectivity index is 2.34. The van der Waals surface area contributed by atoms with Crippen LogP contribution in [-0.4, -0.2) is 18.1 Å². The Kier molecular flexibility index (Phi) is 4.26. The monoisotopic (exact) mass is 351 g/mol. The minimum atomic E-state index is -0.963. The van der Waals surface area contributed by atoms with E-state index in [4.69, 9.17) is 15.2 Å². The van der Waals surface area contributed by atoms with Gasteiger partial charge in [-0.3, -0.25) is 4.79 Å². The van der Waals surface area contributed by atoms with E-state index < -0.39 is 17.4 Å². The van der Waals surface area contributed by atoms with E-state index in [-0.39, 0.29) is 28.4 Å². The lowest BCUT2D eigenvalue weighted by molar-refractivity contribution is -0.136. The van der Waals surface area contributed by atoms with E-state index in [1.807, 2.05) is 31.2 Å². The lowest BCUT2D eigenvalue weighted by Gasteiger charge is -2.26. The largest absolute Gasteiger partial charge is 0.466 e. The smallest absolute Gasteiger partial charge is 0.338 e. The van der Waals surface area contributed by atoms with E-state index in [1.54, 1.807) is 13.0 Å². The highest BCUT2D eigenvalue weighted by atomic mass is 16.5. The summed E-state index contributed by atoms with van der Waals surface area (Å²) in [4.78, 5) is 27.9. The van der Waals surface area contributed by atoms with E-state index in [0.29, 0.717) is 5.52 Å². The van der Waals surface area contributed by atoms with Crippen molar-refractivity contribution < 1.29 is 14.3 Å². The van der Waals surface area contributed by atoms with Gasteiger partial charge in [-0.05, 0) is 30.9 Å². The number of para-hydroxylation sites is 1. The molecule has 132 valence electrons. The van der Waals surface area contributed by atoms with Crippen molar-refractivity contribution in [3.05, 3.63) is 68.5 Å². The fraction of sp³-hybridized carbons (Fsp3) is 0.211. The quantitative estimate of drug-likeness (QED) is 0.800. The van der Waals surface area contributed by atoms with Gasteiger partial charge in [0, 0.05) is 5.56 Å². The Morgan fingerprint density at radius 3 is 2.77 bits per heavy atom. The SMILES string of the molecule is COC(=O)C1=C(C)OC(N)=C(C#N)[C@@H]1c1cc2cccc(C)c2[nH]c1=O. The molecule has 1 aliphatic heterocycles. The molecule has 0 saturated carbocycles. The molecule has 0 amide bonds. The fourth-order valence-corrected chi connectivity index (χ4v) is 3.18. The zero-order valence-electron chi connectivity index (χ0n) is 14.5. The second-order valence-corrected chi connectivity index (χ2v) is 5.98. The number of pyridine rings is 1. The summed E-state index contributed by atoms with van der Waals surface area (Å²) in [6, 6.07) is 9.21. The number of methoxy groups -OCH3 is 1. The number of nitrogens with zero attached hydrogens (tertiary/aromatic N) is 1. The number of carbonyl (C=O) groups excluding carboxylic acids is 1. The van der Waals surface area contributed by atoms with Gasteiger partial charge in [-0.15, -0.1) is 0 Å². The molecule has 1 aliphatic rings. The summed E-state index contributed by atoms with van der Waals surface area (Å²) in [5.41, 5.74) is 7.34. The molecule has 3 N–H and O–H groups in total. The predicted octanol–water partition coefficient (Wildman–Crippen LogP) is 2.09. The number of allylic oxidation sites excluding steroid dienone is 2. The van der Waals surface area contributed by atoms with Gasteiger partial charge >= 0.3 is 5.97 Å². The number of H-pyrrole nitrogens is 1. The van der Waals surface area contributed by atoms with Gasteiger partial charge in [0.2, 0.25) is 5.88 Å². The molecule has 0 aliphatic carbocycles. The molecule has 1 atom stereocenters. The number of aryl methyl sites for hydroxylation is 1. The highest BCUT2D eigenvalue weighted by Crippen LogP contribution is 2.38. The summed E-state index contributed by atoms with van der Waals surface area (Å²) in [7, 11) is 1.22.